The number of hydrogen-bond acceptors (Lipinski definition) is 5. The van der Waals surface area contributed by atoms with E-state index in [0.717, 1.165) is 0 Å². The minimum Gasteiger partial charge on any atom is -0.479 e. The normalized spacial score (nSPS) is 22.0. The van der Waals surface area contributed by atoms with Crippen LogP contribution in [0.15, 0.2) is 17.5 Å². The average molecular weight is 311 g/mol. The fourth-order valence-corrected chi connectivity index (χ4v) is 2.92. The van der Waals surface area contributed by atoms with E-state index >= 15 is 0 Å². The highest BCUT2D eigenvalue weighted by Crippen LogP contribution is 2.16. The minimum absolute atomic E-state index is 0.0334. The van der Waals surface area contributed by atoms with Gasteiger partial charge < -0.3 is 14.7 Å². The SMILES string of the molecule is C[C@@H]1CN(C(=O)CCC(=O)c2cccs2)CC(C(=O)O)O1. The first-order valence-electron chi connectivity index (χ1n) is 6.70. The van der Waals surface area contributed by atoms with Crippen LogP contribution in [0.1, 0.15) is 29.4 Å². The number of carboxylic acids is 1. The summed E-state index contributed by atoms with van der Waals surface area (Å²) in [5.41, 5.74) is 0. The highest BCUT2D eigenvalue weighted by atomic mass is 32.1. The molecule has 1 N–H and O–H groups in total. The molecule has 2 rings (SSSR count). The largest absolute Gasteiger partial charge is 0.479 e. The Hall–Kier alpha value is -1.73. The van der Waals surface area contributed by atoms with Crippen LogP contribution in [0.2, 0.25) is 0 Å². The van der Waals surface area contributed by atoms with Gasteiger partial charge in [0.1, 0.15) is 0 Å². The fraction of sp³-hybridized carbons (Fsp3) is 0.500. The first kappa shape index (κ1) is 15.7. The van der Waals surface area contributed by atoms with Gasteiger partial charge in [-0.25, -0.2) is 4.79 Å². The van der Waals surface area contributed by atoms with Crippen molar-refractivity contribution in [1.29, 1.82) is 0 Å². The molecular formula is C14H17NO5S. The van der Waals surface area contributed by atoms with E-state index in [1.165, 1.54) is 16.2 Å². The second-order valence-corrected chi connectivity index (χ2v) is 5.92. The molecule has 1 saturated heterocycles. The van der Waals surface area contributed by atoms with E-state index in [4.69, 9.17) is 9.84 Å². The lowest BCUT2D eigenvalue weighted by molar-refractivity contribution is -0.166. The van der Waals surface area contributed by atoms with Gasteiger partial charge in [-0.1, -0.05) is 6.07 Å². The molecular weight excluding hydrogens is 294 g/mol. The Bertz CT molecular complexity index is 527. The van der Waals surface area contributed by atoms with E-state index in [0.29, 0.717) is 11.4 Å². The summed E-state index contributed by atoms with van der Waals surface area (Å²) in [6.45, 7) is 2.12. The molecule has 1 aliphatic heterocycles. The van der Waals surface area contributed by atoms with Crippen molar-refractivity contribution in [3.8, 4) is 0 Å². The molecule has 0 aliphatic carbocycles. The summed E-state index contributed by atoms with van der Waals surface area (Å²) < 4.78 is 5.25. The van der Waals surface area contributed by atoms with E-state index in [1.54, 1.807) is 19.1 Å². The lowest BCUT2D eigenvalue weighted by Gasteiger charge is -2.35. The first-order chi connectivity index (χ1) is 9.97. The van der Waals surface area contributed by atoms with Crippen molar-refractivity contribution in [1.82, 2.24) is 4.90 Å². The molecule has 1 fully saturated rings. The van der Waals surface area contributed by atoms with Crippen molar-refractivity contribution in [3.63, 3.8) is 0 Å². The van der Waals surface area contributed by atoms with Gasteiger partial charge in [-0.3, -0.25) is 9.59 Å². The van der Waals surface area contributed by atoms with Crippen molar-refractivity contribution in [2.45, 2.75) is 32.0 Å². The summed E-state index contributed by atoms with van der Waals surface area (Å²) in [6.07, 6.45) is -1.08. The lowest BCUT2D eigenvalue weighted by Crippen LogP contribution is -2.51. The smallest absolute Gasteiger partial charge is 0.334 e. The molecule has 0 radical (unpaired) electrons. The molecule has 0 spiro atoms. The first-order valence-corrected chi connectivity index (χ1v) is 7.58. The maximum absolute atomic E-state index is 12.1. The van der Waals surface area contributed by atoms with Gasteiger partial charge in [0.2, 0.25) is 5.91 Å². The Labute approximate surface area is 126 Å². The zero-order valence-corrected chi connectivity index (χ0v) is 12.5. The van der Waals surface area contributed by atoms with Crippen LogP contribution in [0, 0.1) is 0 Å². The van der Waals surface area contributed by atoms with Crippen molar-refractivity contribution in [2.24, 2.45) is 0 Å². The van der Waals surface area contributed by atoms with Gasteiger partial charge in [-0.15, -0.1) is 11.3 Å². The number of morpholine rings is 1. The molecule has 6 nitrogen and oxygen atoms in total. The number of carbonyl (C=O) groups is 3. The van der Waals surface area contributed by atoms with Crippen molar-refractivity contribution < 1.29 is 24.2 Å². The van der Waals surface area contributed by atoms with Crippen LogP contribution in [0.25, 0.3) is 0 Å². The molecule has 7 heteroatoms. The summed E-state index contributed by atoms with van der Waals surface area (Å²) in [7, 11) is 0. The van der Waals surface area contributed by atoms with Gasteiger partial charge in [-0.05, 0) is 18.4 Å². The molecule has 114 valence electrons. The van der Waals surface area contributed by atoms with Crippen molar-refractivity contribution in [2.75, 3.05) is 13.1 Å². The molecule has 1 aromatic rings. The molecule has 1 aromatic heterocycles. The Morgan fingerprint density at radius 2 is 2.14 bits per heavy atom. The topological polar surface area (TPSA) is 83.9 Å². The Balaban J connectivity index is 1.87. The van der Waals surface area contributed by atoms with Crippen LogP contribution < -0.4 is 0 Å². The predicted molar refractivity (Wildman–Crippen MR) is 76.4 cm³/mol. The second kappa shape index (κ2) is 6.82. The predicted octanol–water partition coefficient (Wildman–Crippen LogP) is 1.41. The van der Waals surface area contributed by atoms with E-state index in [-0.39, 0.29) is 37.2 Å². The number of nitrogens with zero attached hydrogens (tertiary/aromatic N) is 1. The zero-order valence-electron chi connectivity index (χ0n) is 11.7. The Morgan fingerprint density at radius 1 is 1.38 bits per heavy atom. The fourth-order valence-electron chi connectivity index (χ4n) is 2.23. The number of carboxylic acid groups (broad SMARTS) is 1. The third-order valence-electron chi connectivity index (χ3n) is 3.25. The van der Waals surface area contributed by atoms with Crippen LogP contribution in [0.3, 0.4) is 0 Å². The average Bonchev–Trinajstić information content (AvgIpc) is 2.97. The molecule has 21 heavy (non-hydrogen) atoms. The van der Waals surface area contributed by atoms with Crippen LogP contribution in [0.4, 0.5) is 0 Å². The maximum atomic E-state index is 12.1. The molecule has 0 bridgehead atoms. The van der Waals surface area contributed by atoms with Gasteiger partial charge in [0.05, 0.1) is 17.5 Å². The van der Waals surface area contributed by atoms with Crippen molar-refractivity contribution in [3.05, 3.63) is 22.4 Å². The van der Waals surface area contributed by atoms with E-state index in [2.05, 4.69) is 0 Å². The standard InChI is InChI=1S/C14H17NO5S/c1-9-7-15(8-11(20-9)14(18)19)13(17)5-4-10(16)12-3-2-6-21-12/h2-3,6,9,11H,4-5,7-8H2,1H3,(H,18,19)/t9-,11?/m1/s1. The number of hydrogen-bond donors (Lipinski definition) is 1. The monoisotopic (exact) mass is 311 g/mol. The highest BCUT2D eigenvalue weighted by molar-refractivity contribution is 7.12. The molecule has 1 aliphatic rings. The molecule has 1 amide bonds. The van der Waals surface area contributed by atoms with E-state index in [1.807, 2.05) is 5.38 Å². The quantitative estimate of drug-likeness (QED) is 0.831. The number of aliphatic carboxylic acids is 1. The number of thiophene rings is 1. The molecule has 0 saturated carbocycles. The van der Waals surface area contributed by atoms with Gasteiger partial charge in [-0.2, -0.15) is 0 Å². The van der Waals surface area contributed by atoms with Gasteiger partial charge in [0.25, 0.3) is 0 Å². The van der Waals surface area contributed by atoms with Crippen LogP contribution in [0.5, 0.6) is 0 Å². The molecule has 1 unspecified atom stereocenters. The third kappa shape index (κ3) is 4.12. The van der Waals surface area contributed by atoms with Crippen LogP contribution >= 0.6 is 11.3 Å². The summed E-state index contributed by atoms with van der Waals surface area (Å²) in [5, 5.41) is 10.8. The lowest BCUT2D eigenvalue weighted by atomic mass is 10.1. The van der Waals surface area contributed by atoms with Crippen molar-refractivity contribution >= 4 is 29.0 Å². The zero-order chi connectivity index (χ0) is 15.4. The minimum atomic E-state index is -1.07. The molecule has 2 heterocycles. The van der Waals surface area contributed by atoms with Crippen LogP contribution in [-0.4, -0.2) is 53.0 Å². The number of Topliss-reactive ketones (excluding diaryl/α,β-unsaturated/α-hetero) is 1. The maximum Gasteiger partial charge on any atom is 0.334 e. The van der Waals surface area contributed by atoms with E-state index in [9.17, 15) is 14.4 Å². The summed E-state index contributed by atoms with van der Waals surface area (Å²) in [5.74, 6) is -1.34. The second-order valence-electron chi connectivity index (χ2n) is 4.97. The molecule has 2 atom stereocenters. The highest BCUT2D eigenvalue weighted by Gasteiger charge is 2.32. The number of carbonyl (C=O) groups excluding carboxylic acids is 2. The molecule has 0 aromatic carbocycles. The summed E-state index contributed by atoms with van der Waals surface area (Å²) in [6, 6.07) is 3.52. The van der Waals surface area contributed by atoms with Crippen LogP contribution in [-0.2, 0) is 14.3 Å². The summed E-state index contributed by atoms with van der Waals surface area (Å²) >= 11 is 1.35. The van der Waals surface area contributed by atoms with Gasteiger partial charge in [0.15, 0.2) is 11.9 Å². The summed E-state index contributed by atoms with van der Waals surface area (Å²) in [4.78, 5) is 37.0. The third-order valence-corrected chi connectivity index (χ3v) is 4.16. The number of rotatable bonds is 5. The van der Waals surface area contributed by atoms with Gasteiger partial charge >= 0.3 is 5.97 Å². The Kier molecular flexibility index (Phi) is 5.08. The Morgan fingerprint density at radius 3 is 2.76 bits per heavy atom. The van der Waals surface area contributed by atoms with E-state index < -0.39 is 12.1 Å². The van der Waals surface area contributed by atoms with Gasteiger partial charge in [0, 0.05) is 19.4 Å². The number of ketones is 1. The number of ether oxygens (including phenoxy) is 1. The number of amides is 1.